The van der Waals surface area contributed by atoms with Gasteiger partial charge in [0.15, 0.2) is 12.2 Å². The van der Waals surface area contributed by atoms with Crippen LogP contribution in [0.1, 0.15) is 336 Å². The molecule has 0 rings (SSSR count). The Morgan fingerprint density at radius 2 is 0.473 bits per heavy atom. The highest BCUT2D eigenvalue weighted by atomic mass is 31.2. The molecule has 3 N–H and O–H groups in total. The second-order valence-corrected chi connectivity index (χ2v) is 30.9. The number of aliphatic hydroxyl groups is 1. The molecule has 0 bridgehead atoms. The smallest absolute Gasteiger partial charge is 0.462 e. The Hall–Kier alpha value is -5.32. The highest BCUT2D eigenvalue weighted by molar-refractivity contribution is 7.47. The van der Waals surface area contributed by atoms with Crippen LogP contribution in [-0.2, 0) is 65.4 Å². The van der Waals surface area contributed by atoms with Gasteiger partial charge in [0.2, 0.25) is 0 Å². The van der Waals surface area contributed by atoms with Gasteiger partial charge in [-0.1, -0.05) is 295 Å². The third-order valence-corrected chi connectivity index (χ3v) is 19.4. The van der Waals surface area contributed by atoms with Crippen LogP contribution in [0.5, 0.6) is 0 Å². The number of phosphoric ester groups is 2. The summed E-state index contributed by atoms with van der Waals surface area (Å²) in [6, 6.07) is 0. The Bertz CT molecular complexity index is 2700. The fourth-order valence-corrected chi connectivity index (χ4v) is 12.6. The zero-order valence-corrected chi connectivity index (χ0v) is 70.7. The van der Waals surface area contributed by atoms with E-state index in [4.69, 9.17) is 37.0 Å². The van der Waals surface area contributed by atoms with Gasteiger partial charge >= 0.3 is 39.5 Å². The first-order chi connectivity index (χ1) is 53.7. The van der Waals surface area contributed by atoms with Gasteiger partial charge in [-0.2, -0.15) is 0 Å². The lowest BCUT2D eigenvalue weighted by Gasteiger charge is -2.21. The topological polar surface area (TPSA) is 237 Å². The molecule has 0 amide bonds. The molecule has 628 valence electrons. The largest absolute Gasteiger partial charge is 0.472 e. The number of allylic oxidation sites excluding steroid dienone is 26. The number of hydrogen-bond donors (Lipinski definition) is 3. The van der Waals surface area contributed by atoms with Gasteiger partial charge in [0.25, 0.3) is 0 Å². The third kappa shape index (κ3) is 80.7. The number of carbonyl (C=O) groups is 4. The zero-order chi connectivity index (χ0) is 80.3. The minimum atomic E-state index is -5.00. The summed E-state index contributed by atoms with van der Waals surface area (Å²) in [5.41, 5.74) is 0. The molecule has 17 nitrogen and oxygen atoms in total. The van der Waals surface area contributed by atoms with E-state index in [0.29, 0.717) is 25.7 Å². The molecule has 19 heteroatoms. The van der Waals surface area contributed by atoms with E-state index in [1.807, 2.05) is 0 Å². The van der Waals surface area contributed by atoms with Crippen molar-refractivity contribution in [2.75, 3.05) is 39.6 Å². The van der Waals surface area contributed by atoms with Gasteiger partial charge in [-0.3, -0.25) is 37.3 Å². The predicted molar refractivity (Wildman–Crippen MR) is 454 cm³/mol. The second-order valence-electron chi connectivity index (χ2n) is 28.0. The van der Waals surface area contributed by atoms with Gasteiger partial charge in [-0.15, -0.1) is 0 Å². The minimum Gasteiger partial charge on any atom is -0.462 e. The van der Waals surface area contributed by atoms with Gasteiger partial charge in [0.05, 0.1) is 26.4 Å². The van der Waals surface area contributed by atoms with Crippen LogP contribution in [0.15, 0.2) is 158 Å². The van der Waals surface area contributed by atoms with Crippen LogP contribution in [-0.4, -0.2) is 96.7 Å². The van der Waals surface area contributed by atoms with E-state index in [1.54, 1.807) is 0 Å². The van der Waals surface area contributed by atoms with Crippen molar-refractivity contribution in [2.45, 2.75) is 354 Å². The van der Waals surface area contributed by atoms with Crippen molar-refractivity contribution in [2.24, 2.45) is 0 Å². The molecule has 0 aliphatic carbocycles. The summed E-state index contributed by atoms with van der Waals surface area (Å²) in [5, 5.41) is 10.7. The Balaban J connectivity index is 5.45. The number of unbranched alkanes of at least 4 members (excludes halogenated alkanes) is 27. The molecule has 0 fully saturated rings. The summed E-state index contributed by atoms with van der Waals surface area (Å²) in [7, 11) is -10.00. The molecular weight excluding hydrogens is 1430 g/mol. The molecule has 0 aromatic rings. The van der Waals surface area contributed by atoms with Crippen LogP contribution in [0.3, 0.4) is 0 Å². The molecule has 0 aliphatic rings. The number of aliphatic hydroxyl groups excluding tert-OH is 1. The quantitative estimate of drug-likeness (QED) is 0.0169. The minimum absolute atomic E-state index is 0.0687. The van der Waals surface area contributed by atoms with Gasteiger partial charge in [0.1, 0.15) is 19.3 Å². The van der Waals surface area contributed by atoms with Crippen molar-refractivity contribution in [1.29, 1.82) is 0 Å². The van der Waals surface area contributed by atoms with E-state index < -0.39 is 97.5 Å². The molecule has 5 atom stereocenters. The van der Waals surface area contributed by atoms with Crippen LogP contribution in [0, 0.1) is 0 Å². The molecule has 0 saturated carbocycles. The third-order valence-electron chi connectivity index (χ3n) is 17.5. The Kier molecular flexibility index (Phi) is 77.7. The molecule has 5 unspecified atom stereocenters. The number of phosphoric acid groups is 2. The van der Waals surface area contributed by atoms with Crippen LogP contribution in [0.25, 0.3) is 0 Å². The Morgan fingerprint density at radius 1 is 0.264 bits per heavy atom. The standard InChI is InChI=1S/C91H152O17P2/c1-5-9-13-17-21-25-29-33-37-40-42-45-49-52-56-60-64-68-72-76-89(94)102-82-87(108-91(96)78-74-70-66-62-58-54-50-46-43-41-38-34-30-26-22-18-14-10-6-2)84-106-110(99,100)104-80-85(92)79-103-109(97,98)105-83-86(107-90(95)77-73-69-65-61-57-53-47-36-32-28-24-20-16-12-8-4)81-101-88(93)75-71-67-63-59-55-51-48-44-39-35-31-27-23-19-15-11-7-3/h9,11,13,15,21-28,33-39,42-43,45-48,51,85-87,92H,5-8,10,12,14,16-20,29-32,40-41,44,49-50,52-84H2,1-4H3,(H,97,98)(H,99,100)/b13-9-,15-11-,25-21-,26-22-,27-23-,28-24-,37-33-,38-34-,39-35-,45-42-,46-43-,47-36-,51-48-. The van der Waals surface area contributed by atoms with Crippen LogP contribution >= 0.6 is 15.6 Å². The van der Waals surface area contributed by atoms with E-state index in [2.05, 4.69) is 186 Å². The van der Waals surface area contributed by atoms with E-state index in [9.17, 15) is 43.2 Å². The van der Waals surface area contributed by atoms with E-state index >= 15 is 0 Å². The number of ether oxygens (including phenoxy) is 4. The maximum Gasteiger partial charge on any atom is 0.472 e. The van der Waals surface area contributed by atoms with Gasteiger partial charge < -0.3 is 33.8 Å². The van der Waals surface area contributed by atoms with Crippen LogP contribution < -0.4 is 0 Å². The maximum atomic E-state index is 13.2. The highest BCUT2D eigenvalue weighted by Crippen LogP contribution is 2.45. The zero-order valence-electron chi connectivity index (χ0n) is 68.9. The lowest BCUT2D eigenvalue weighted by atomic mass is 10.1. The summed E-state index contributed by atoms with van der Waals surface area (Å²) in [4.78, 5) is 73.3. The van der Waals surface area contributed by atoms with Crippen molar-refractivity contribution >= 4 is 39.5 Å². The molecular formula is C91H152O17P2. The molecule has 0 aromatic heterocycles. The summed E-state index contributed by atoms with van der Waals surface area (Å²) < 4.78 is 68.8. The Labute approximate surface area is 668 Å². The lowest BCUT2D eigenvalue weighted by Crippen LogP contribution is -2.30. The van der Waals surface area contributed by atoms with Crippen molar-refractivity contribution < 1.29 is 80.2 Å². The SMILES string of the molecule is CC/C=C\C/C=C\C/C=C\C/C=C\CCCCCCCCC(=O)OCC(COP(=O)(O)OCC(O)COP(=O)(O)OCC(COC(=O)CCCCCC/C=C\C/C=C\C/C=C\C/C=C\CC)OC(=O)CCCCCCC/C=C\C/C=C\CCCCC)OC(=O)CCCCCCCC/C=C\C/C=C\C/C=C\CCCCC. The van der Waals surface area contributed by atoms with Gasteiger partial charge in [-0.25, -0.2) is 9.13 Å². The number of hydrogen-bond acceptors (Lipinski definition) is 15. The van der Waals surface area contributed by atoms with Gasteiger partial charge in [-0.05, 0) is 173 Å². The normalized spacial score (nSPS) is 14.6. The number of rotatable bonds is 79. The van der Waals surface area contributed by atoms with Crippen molar-refractivity contribution in [3.8, 4) is 0 Å². The predicted octanol–water partition coefficient (Wildman–Crippen LogP) is 25.6. The summed E-state index contributed by atoms with van der Waals surface area (Å²) in [6.07, 6.45) is 96.2. The Morgan fingerprint density at radius 3 is 0.727 bits per heavy atom. The highest BCUT2D eigenvalue weighted by Gasteiger charge is 2.30. The summed E-state index contributed by atoms with van der Waals surface area (Å²) in [6.45, 7) is 4.55. The van der Waals surface area contributed by atoms with E-state index in [1.165, 1.54) is 38.5 Å². The summed E-state index contributed by atoms with van der Waals surface area (Å²) >= 11 is 0. The van der Waals surface area contributed by atoms with Crippen LogP contribution in [0.4, 0.5) is 0 Å². The van der Waals surface area contributed by atoms with Gasteiger partial charge in [0, 0.05) is 25.7 Å². The van der Waals surface area contributed by atoms with Crippen molar-refractivity contribution in [1.82, 2.24) is 0 Å². The average molecular weight is 1580 g/mol. The van der Waals surface area contributed by atoms with Crippen LogP contribution in [0.2, 0.25) is 0 Å². The molecule has 0 aromatic carbocycles. The molecule has 110 heavy (non-hydrogen) atoms. The number of carbonyl (C=O) groups excluding carboxylic acids is 4. The second kappa shape index (κ2) is 81.7. The maximum absolute atomic E-state index is 13.2. The first-order valence-electron chi connectivity index (χ1n) is 42.7. The molecule has 0 spiro atoms. The lowest BCUT2D eigenvalue weighted by molar-refractivity contribution is -0.161. The first kappa shape index (κ1) is 105. The van der Waals surface area contributed by atoms with Crippen molar-refractivity contribution in [3.05, 3.63) is 158 Å². The molecule has 0 heterocycles. The first-order valence-corrected chi connectivity index (χ1v) is 45.7. The fourth-order valence-electron chi connectivity index (χ4n) is 11.0. The fraction of sp³-hybridized carbons (Fsp3) is 0.670. The molecule has 0 saturated heterocycles. The van der Waals surface area contributed by atoms with E-state index in [-0.39, 0.29) is 25.7 Å². The van der Waals surface area contributed by atoms with Crippen molar-refractivity contribution in [3.63, 3.8) is 0 Å². The monoisotopic (exact) mass is 1580 g/mol. The number of esters is 4. The van der Waals surface area contributed by atoms with E-state index in [0.717, 1.165) is 218 Å². The average Bonchev–Trinajstić information content (AvgIpc) is 0.900. The molecule has 0 radical (unpaired) electrons. The molecule has 0 aliphatic heterocycles. The summed E-state index contributed by atoms with van der Waals surface area (Å²) in [5.74, 6) is -2.25.